The van der Waals surface area contributed by atoms with E-state index in [9.17, 15) is 4.79 Å². The van der Waals surface area contributed by atoms with Crippen molar-refractivity contribution in [3.63, 3.8) is 0 Å². The van der Waals surface area contributed by atoms with Gasteiger partial charge in [-0.2, -0.15) is 0 Å². The highest BCUT2D eigenvalue weighted by molar-refractivity contribution is 5.76. The zero-order valence-corrected chi connectivity index (χ0v) is 12.9. The van der Waals surface area contributed by atoms with Crippen molar-refractivity contribution in [3.05, 3.63) is 30.1 Å². The van der Waals surface area contributed by atoms with Gasteiger partial charge in [-0.05, 0) is 37.9 Å². The van der Waals surface area contributed by atoms with Crippen LogP contribution in [0, 0.1) is 0 Å². The minimum Gasteiger partial charge on any atom is -0.343 e. The average Bonchev–Trinajstić information content (AvgIpc) is 2.54. The Morgan fingerprint density at radius 1 is 1.43 bits per heavy atom. The zero-order valence-electron chi connectivity index (χ0n) is 12.9. The Labute approximate surface area is 127 Å². The number of likely N-dealkylation sites (N-methyl/N-ethyl adjacent to an activating group) is 1. The van der Waals surface area contributed by atoms with Gasteiger partial charge in [-0.3, -0.25) is 14.7 Å². The second-order valence-corrected chi connectivity index (χ2v) is 5.81. The number of nitrogens with zero attached hydrogens (tertiary/aromatic N) is 3. The monoisotopic (exact) mass is 290 g/mol. The Kier molecular flexibility index (Phi) is 6.14. The first-order valence-electron chi connectivity index (χ1n) is 7.77. The van der Waals surface area contributed by atoms with E-state index in [1.807, 2.05) is 30.3 Å². The number of nitrogens with two attached hydrogens (primary N) is 1. The van der Waals surface area contributed by atoms with Gasteiger partial charge in [0.1, 0.15) is 0 Å². The first kappa shape index (κ1) is 15.9. The number of amides is 1. The fourth-order valence-corrected chi connectivity index (χ4v) is 2.80. The number of hydrogen-bond acceptors (Lipinski definition) is 4. The number of rotatable bonds is 6. The van der Waals surface area contributed by atoms with Crippen molar-refractivity contribution in [2.45, 2.75) is 38.3 Å². The van der Waals surface area contributed by atoms with Gasteiger partial charge in [-0.25, -0.2) is 0 Å². The van der Waals surface area contributed by atoms with Crippen LogP contribution < -0.4 is 5.73 Å². The molecule has 5 heteroatoms. The van der Waals surface area contributed by atoms with Gasteiger partial charge in [0.15, 0.2) is 0 Å². The van der Waals surface area contributed by atoms with Crippen LogP contribution in [0.25, 0.3) is 0 Å². The molecule has 1 fully saturated rings. The van der Waals surface area contributed by atoms with Crippen LogP contribution in [0.4, 0.5) is 0 Å². The Hall–Kier alpha value is -1.46. The molecule has 0 saturated carbocycles. The van der Waals surface area contributed by atoms with Crippen molar-refractivity contribution in [2.24, 2.45) is 5.73 Å². The van der Waals surface area contributed by atoms with Gasteiger partial charge in [0.05, 0.1) is 0 Å². The quantitative estimate of drug-likeness (QED) is 0.856. The molecule has 1 aromatic heterocycles. The number of hydrogen-bond donors (Lipinski definition) is 1. The van der Waals surface area contributed by atoms with E-state index in [-0.39, 0.29) is 11.9 Å². The maximum Gasteiger partial charge on any atom is 0.224 e. The van der Waals surface area contributed by atoms with E-state index < -0.39 is 0 Å². The van der Waals surface area contributed by atoms with Crippen LogP contribution >= 0.6 is 0 Å². The summed E-state index contributed by atoms with van der Waals surface area (Å²) < 4.78 is 0. The molecule has 2 heterocycles. The number of likely N-dealkylation sites (tertiary alicyclic amines) is 1. The van der Waals surface area contributed by atoms with Crippen molar-refractivity contribution in [3.8, 4) is 0 Å². The Balaban J connectivity index is 1.87. The first-order chi connectivity index (χ1) is 10.2. The molecule has 2 rings (SSSR count). The molecular weight excluding hydrogens is 264 g/mol. The number of carbonyl (C=O) groups is 1. The van der Waals surface area contributed by atoms with Crippen LogP contribution in [0.3, 0.4) is 0 Å². The van der Waals surface area contributed by atoms with Gasteiger partial charge in [0.2, 0.25) is 5.91 Å². The van der Waals surface area contributed by atoms with Gasteiger partial charge in [0.25, 0.3) is 0 Å². The smallest absolute Gasteiger partial charge is 0.224 e. The van der Waals surface area contributed by atoms with Gasteiger partial charge < -0.3 is 10.6 Å². The highest BCUT2D eigenvalue weighted by atomic mass is 16.2. The van der Waals surface area contributed by atoms with Crippen molar-refractivity contribution in [2.75, 3.05) is 26.7 Å². The van der Waals surface area contributed by atoms with Gasteiger partial charge in [-0.15, -0.1) is 0 Å². The van der Waals surface area contributed by atoms with Crippen molar-refractivity contribution < 1.29 is 4.79 Å². The van der Waals surface area contributed by atoms with Crippen molar-refractivity contribution in [1.29, 1.82) is 0 Å². The second-order valence-electron chi connectivity index (χ2n) is 5.81. The largest absolute Gasteiger partial charge is 0.343 e. The third-order valence-corrected chi connectivity index (χ3v) is 4.17. The molecule has 0 aromatic carbocycles. The number of aromatic nitrogens is 1. The minimum absolute atomic E-state index is 0.0830. The molecule has 1 aliphatic rings. The SMILES string of the molecule is CN(Cc1cccnc1)C(CN)CC(=O)N1CCCCC1. The summed E-state index contributed by atoms with van der Waals surface area (Å²) in [5, 5.41) is 0. The summed E-state index contributed by atoms with van der Waals surface area (Å²) >= 11 is 0. The van der Waals surface area contributed by atoms with E-state index in [2.05, 4.69) is 9.88 Å². The van der Waals surface area contributed by atoms with Crippen LogP contribution in [0.1, 0.15) is 31.2 Å². The fourth-order valence-electron chi connectivity index (χ4n) is 2.80. The zero-order chi connectivity index (χ0) is 15.1. The molecule has 0 radical (unpaired) electrons. The van der Waals surface area contributed by atoms with Crippen LogP contribution in [0.5, 0.6) is 0 Å². The summed E-state index contributed by atoms with van der Waals surface area (Å²) in [7, 11) is 2.02. The minimum atomic E-state index is 0.0830. The van der Waals surface area contributed by atoms with E-state index in [1.54, 1.807) is 6.20 Å². The van der Waals surface area contributed by atoms with Crippen molar-refractivity contribution >= 4 is 5.91 Å². The van der Waals surface area contributed by atoms with Gasteiger partial charge >= 0.3 is 0 Å². The van der Waals surface area contributed by atoms with Crippen LogP contribution in [-0.2, 0) is 11.3 Å². The molecule has 1 amide bonds. The Bertz CT molecular complexity index is 431. The molecule has 116 valence electrons. The fraction of sp³-hybridized carbons (Fsp3) is 0.625. The highest BCUT2D eigenvalue weighted by Crippen LogP contribution is 2.13. The lowest BCUT2D eigenvalue weighted by Gasteiger charge is -2.31. The molecule has 21 heavy (non-hydrogen) atoms. The normalized spacial score (nSPS) is 17.0. The Morgan fingerprint density at radius 2 is 2.19 bits per heavy atom. The van der Waals surface area contributed by atoms with Crippen LogP contribution in [0.2, 0.25) is 0 Å². The van der Waals surface area contributed by atoms with E-state index in [1.165, 1.54) is 6.42 Å². The van der Waals surface area contributed by atoms with Crippen LogP contribution in [-0.4, -0.2) is 53.4 Å². The van der Waals surface area contributed by atoms with E-state index >= 15 is 0 Å². The lowest BCUT2D eigenvalue weighted by atomic mass is 10.1. The first-order valence-corrected chi connectivity index (χ1v) is 7.77. The van der Waals surface area contributed by atoms with E-state index in [4.69, 9.17) is 5.73 Å². The highest BCUT2D eigenvalue weighted by Gasteiger charge is 2.22. The third kappa shape index (κ3) is 4.79. The molecule has 1 atom stereocenters. The second kappa shape index (κ2) is 8.10. The van der Waals surface area contributed by atoms with E-state index in [0.717, 1.165) is 38.0 Å². The molecule has 1 saturated heterocycles. The third-order valence-electron chi connectivity index (χ3n) is 4.17. The molecule has 0 aliphatic carbocycles. The topological polar surface area (TPSA) is 62.5 Å². The lowest BCUT2D eigenvalue weighted by molar-refractivity contribution is -0.133. The number of carbonyl (C=O) groups excluding carboxylic acids is 1. The predicted molar refractivity (Wildman–Crippen MR) is 83.6 cm³/mol. The Morgan fingerprint density at radius 3 is 2.81 bits per heavy atom. The van der Waals surface area contributed by atoms with Gasteiger partial charge in [-0.1, -0.05) is 6.07 Å². The van der Waals surface area contributed by atoms with Crippen LogP contribution in [0.15, 0.2) is 24.5 Å². The molecule has 2 N–H and O–H groups in total. The maximum absolute atomic E-state index is 12.4. The molecule has 0 spiro atoms. The summed E-state index contributed by atoms with van der Waals surface area (Å²) in [6.07, 6.45) is 7.63. The summed E-state index contributed by atoms with van der Waals surface area (Å²) in [5.74, 6) is 0.239. The molecule has 1 aliphatic heterocycles. The number of pyridine rings is 1. The average molecular weight is 290 g/mol. The summed E-state index contributed by atoms with van der Waals surface area (Å²) in [4.78, 5) is 20.6. The molecule has 5 nitrogen and oxygen atoms in total. The van der Waals surface area contributed by atoms with Crippen molar-refractivity contribution in [1.82, 2.24) is 14.8 Å². The molecule has 0 bridgehead atoms. The van der Waals surface area contributed by atoms with E-state index in [0.29, 0.717) is 13.0 Å². The summed E-state index contributed by atoms with van der Waals surface area (Å²) in [5.41, 5.74) is 7.02. The predicted octanol–water partition coefficient (Wildman–Crippen LogP) is 1.24. The number of piperidine rings is 1. The molecular formula is C16H26N4O. The van der Waals surface area contributed by atoms with Gasteiger partial charge in [0, 0.05) is 51.0 Å². The molecule has 1 unspecified atom stereocenters. The summed E-state index contributed by atoms with van der Waals surface area (Å²) in [6.45, 7) is 3.07. The summed E-state index contributed by atoms with van der Waals surface area (Å²) in [6, 6.07) is 4.06. The molecule has 1 aromatic rings. The standard InChI is InChI=1S/C16H26N4O/c1-19(13-14-6-5-7-18-12-14)15(11-17)10-16(21)20-8-3-2-4-9-20/h5-7,12,15H,2-4,8-11,13,17H2,1H3. The maximum atomic E-state index is 12.4. The lowest BCUT2D eigenvalue weighted by Crippen LogP contribution is -2.44.